The Kier molecular flexibility index (Phi) is 4.97. The summed E-state index contributed by atoms with van der Waals surface area (Å²) >= 11 is 0. The van der Waals surface area contributed by atoms with Crippen LogP contribution in [0.25, 0.3) is 0 Å². The minimum Gasteiger partial charge on any atom is -0.396 e. The first-order valence-corrected chi connectivity index (χ1v) is 5.78. The number of hydrogen-bond donors (Lipinski definition) is 3. The van der Waals surface area contributed by atoms with E-state index in [-0.39, 0.29) is 24.5 Å². The van der Waals surface area contributed by atoms with E-state index in [0.29, 0.717) is 5.56 Å². The van der Waals surface area contributed by atoms with Gasteiger partial charge in [0.15, 0.2) is 0 Å². The Bertz CT molecular complexity index is 379. The molecule has 0 aliphatic carbocycles. The zero-order chi connectivity index (χ0) is 12.8. The highest BCUT2D eigenvalue weighted by atomic mass is 16.3. The molecule has 0 bridgehead atoms. The minimum absolute atomic E-state index is 0.0423. The number of benzene rings is 1. The van der Waals surface area contributed by atoms with Crippen molar-refractivity contribution in [1.29, 1.82) is 0 Å². The fourth-order valence-electron chi connectivity index (χ4n) is 1.48. The van der Waals surface area contributed by atoms with Gasteiger partial charge in [0.25, 0.3) is 5.91 Å². The monoisotopic (exact) mass is 236 g/mol. The molecule has 1 amide bonds. The zero-order valence-electron chi connectivity index (χ0n) is 10.5. The summed E-state index contributed by atoms with van der Waals surface area (Å²) in [6.45, 7) is 3.85. The van der Waals surface area contributed by atoms with Crippen LogP contribution in [0.5, 0.6) is 0 Å². The van der Waals surface area contributed by atoms with Gasteiger partial charge >= 0.3 is 0 Å². The maximum absolute atomic E-state index is 12.0. The van der Waals surface area contributed by atoms with Crippen molar-refractivity contribution in [3.05, 3.63) is 29.8 Å². The Morgan fingerprint density at radius 1 is 1.35 bits per heavy atom. The van der Waals surface area contributed by atoms with Crippen LogP contribution in [-0.2, 0) is 0 Å². The van der Waals surface area contributed by atoms with Crippen LogP contribution in [0.1, 0.15) is 24.2 Å². The molecule has 0 saturated carbocycles. The van der Waals surface area contributed by atoms with E-state index in [1.165, 1.54) is 0 Å². The second-order valence-corrected chi connectivity index (χ2v) is 4.22. The van der Waals surface area contributed by atoms with Crippen LogP contribution in [0.15, 0.2) is 24.3 Å². The van der Waals surface area contributed by atoms with E-state index in [9.17, 15) is 4.79 Å². The molecule has 0 aromatic heterocycles. The number of amides is 1. The highest BCUT2D eigenvalue weighted by Gasteiger charge is 2.16. The van der Waals surface area contributed by atoms with Crippen molar-refractivity contribution < 1.29 is 9.90 Å². The van der Waals surface area contributed by atoms with Crippen molar-refractivity contribution in [1.82, 2.24) is 5.32 Å². The molecule has 0 spiro atoms. The molecule has 0 aliphatic rings. The fraction of sp³-hybridized carbons (Fsp3) is 0.462. The summed E-state index contributed by atoms with van der Waals surface area (Å²) in [5.41, 5.74) is 1.42. The molecule has 3 N–H and O–H groups in total. The number of para-hydroxylation sites is 1. The summed E-state index contributed by atoms with van der Waals surface area (Å²) in [5.74, 6) is -0.0801. The summed E-state index contributed by atoms with van der Waals surface area (Å²) in [6, 6.07) is 7.28. The first-order valence-electron chi connectivity index (χ1n) is 5.78. The molecule has 0 fully saturated rings. The Morgan fingerprint density at radius 2 is 2.00 bits per heavy atom. The van der Waals surface area contributed by atoms with Crippen molar-refractivity contribution in [2.45, 2.75) is 19.9 Å². The number of rotatable bonds is 5. The van der Waals surface area contributed by atoms with Gasteiger partial charge in [-0.25, -0.2) is 0 Å². The second-order valence-electron chi connectivity index (χ2n) is 4.22. The lowest BCUT2D eigenvalue weighted by Gasteiger charge is -2.20. The molecule has 1 rings (SSSR count). The summed E-state index contributed by atoms with van der Waals surface area (Å²) in [7, 11) is 1.78. The number of hydrogen-bond acceptors (Lipinski definition) is 3. The van der Waals surface area contributed by atoms with Crippen molar-refractivity contribution >= 4 is 11.6 Å². The van der Waals surface area contributed by atoms with Crippen molar-refractivity contribution in [3.63, 3.8) is 0 Å². The van der Waals surface area contributed by atoms with Crippen molar-refractivity contribution in [2.24, 2.45) is 5.92 Å². The largest absolute Gasteiger partial charge is 0.396 e. The Hall–Kier alpha value is -1.55. The first-order chi connectivity index (χ1) is 8.10. The number of carbonyl (C=O) groups is 1. The normalized spacial score (nSPS) is 13.9. The average Bonchev–Trinajstić information content (AvgIpc) is 2.37. The van der Waals surface area contributed by atoms with Gasteiger partial charge in [-0.1, -0.05) is 19.1 Å². The lowest BCUT2D eigenvalue weighted by Crippen LogP contribution is -2.38. The zero-order valence-corrected chi connectivity index (χ0v) is 10.5. The van der Waals surface area contributed by atoms with E-state index in [0.717, 1.165) is 5.69 Å². The number of aliphatic hydroxyl groups is 1. The quantitative estimate of drug-likeness (QED) is 0.725. The molecule has 0 saturated heterocycles. The highest BCUT2D eigenvalue weighted by Crippen LogP contribution is 2.14. The van der Waals surface area contributed by atoms with Gasteiger partial charge in [-0.3, -0.25) is 4.79 Å². The molecule has 94 valence electrons. The molecule has 17 heavy (non-hydrogen) atoms. The SMILES string of the molecule is CNc1ccccc1C(=O)NC(C)C(C)CO. The van der Waals surface area contributed by atoms with Crippen LogP contribution >= 0.6 is 0 Å². The van der Waals surface area contributed by atoms with Gasteiger partial charge in [0.1, 0.15) is 0 Å². The van der Waals surface area contributed by atoms with Crippen molar-refractivity contribution in [3.8, 4) is 0 Å². The molecule has 1 aromatic rings. The fourth-order valence-corrected chi connectivity index (χ4v) is 1.48. The molecule has 1 aromatic carbocycles. The number of nitrogens with one attached hydrogen (secondary N) is 2. The predicted octanol–water partition coefficient (Wildman–Crippen LogP) is 1.47. The Morgan fingerprint density at radius 3 is 2.59 bits per heavy atom. The van der Waals surface area contributed by atoms with Crippen LogP contribution in [0.2, 0.25) is 0 Å². The summed E-state index contributed by atoms with van der Waals surface area (Å²) in [6.07, 6.45) is 0. The van der Waals surface area contributed by atoms with Gasteiger partial charge in [0.05, 0.1) is 5.56 Å². The van der Waals surface area contributed by atoms with Crippen LogP contribution < -0.4 is 10.6 Å². The number of carbonyl (C=O) groups excluding carboxylic acids is 1. The van der Waals surface area contributed by atoms with Gasteiger partial charge in [0, 0.05) is 25.4 Å². The van der Waals surface area contributed by atoms with Gasteiger partial charge in [0.2, 0.25) is 0 Å². The summed E-state index contributed by atoms with van der Waals surface area (Å²) < 4.78 is 0. The lowest BCUT2D eigenvalue weighted by molar-refractivity contribution is 0.0917. The third-order valence-electron chi connectivity index (χ3n) is 2.94. The summed E-state index contributed by atoms with van der Waals surface area (Å²) in [5, 5.41) is 14.9. The Balaban J connectivity index is 2.76. The molecule has 2 atom stereocenters. The van der Waals surface area contributed by atoms with Gasteiger partial charge in [-0.15, -0.1) is 0 Å². The molecule has 2 unspecified atom stereocenters. The molecular formula is C13H20N2O2. The standard InChI is InChI=1S/C13H20N2O2/c1-9(8-16)10(2)15-13(17)11-6-4-5-7-12(11)14-3/h4-7,9-10,14,16H,8H2,1-3H3,(H,15,17). The number of aliphatic hydroxyl groups excluding tert-OH is 1. The third kappa shape index (κ3) is 3.46. The van der Waals surface area contributed by atoms with Crippen molar-refractivity contribution in [2.75, 3.05) is 19.0 Å². The third-order valence-corrected chi connectivity index (χ3v) is 2.94. The van der Waals surface area contributed by atoms with E-state index in [2.05, 4.69) is 10.6 Å². The van der Waals surface area contributed by atoms with Gasteiger partial charge in [-0.05, 0) is 25.0 Å². The predicted molar refractivity (Wildman–Crippen MR) is 69.2 cm³/mol. The first kappa shape index (κ1) is 13.5. The molecule has 0 aliphatic heterocycles. The molecule has 4 heteroatoms. The maximum Gasteiger partial charge on any atom is 0.253 e. The minimum atomic E-state index is -0.122. The van der Waals surface area contributed by atoms with E-state index >= 15 is 0 Å². The molecule has 4 nitrogen and oxygen atoms in total. The van der Waals surface area contributed by atoms with Crippen LogP contribution in [0, 0.1) is 5.92 Å². The topological polar surface area (TPSA) is 61.4 Å². The second kappa shape index (κ2) is 6.25. The molecular weight excluding hydrogens is 216 g/mol. The van der Waals surface area contributed by atoms with E-state index in [1.807, 2.05) is 32.0 Å². The molecule has 0 heterocycles. The summed E-state index contributed by atoms with van der Waals surface area (Å²) in [4.78, 5) is 12.0. The average molecular weight is 236 g/mol. The number of anilines is 1. The smallest absolute Gasteiger partial charge is 0.253 e. The Labute approximate surface area is 102 Å². The highest BCUT2D eigenvalue weighted by molar-refractivity contribution is 5.99. The molecule has 0 radical (unpaired) electrons. The van der Waals surface area contributed by atoms with E-state index in [1.54, 1.807) is 13.1 Å². The van der Waals surface area contributed by atoms with Gasteiger partial charge < -0.3 is 15.7 Å². The van der Waals surface area contributed by atoms with Crippen LogP contribution in [-0.4, -0.2) is 30.7 Å². The van der Waals surface area contributed by atoms with Crippen LogP contribution in [0.4, 0.5) is 5.69 Å². The van der Waals surface area contributed by atoms with Crippen LogP contribution in [0.3, 0.4) is 0 Å². The van der Waals surface area contributed by atoms with E-state index < -0.39 is 0 Å². The van der Waals surface area contributed by atoms with Gasteiger partial charge in [-0.2, -0.15) is 0 Å². The van der Waals surface area contributed by atoms with E-state index in [4.69, 9.17) is 5.11 Å². The lowest BCUT2D eigenvalue weighted by atomic mass is 10.0. The maximum atomic E-state index is 12.0.